The van der Waals surface area contributed by atoms with Crippen LogP contribution in [0, 0.1) is 5.92 Å². The van der Waals surface area contributed by atoms with Gasteiger partial charge < -0.3 is 9.80 Å². The number of amides is 2. The Hall–Kier alpha value is -2.05. The molecule has 0 aliphatic carbocycles. The minimum atomic E-state index is -4.44. The van der Waals surface area contributed by atoms with Crippen molar-refractivity contribution >= 4 is 11.8 Å². The first-order valence-corrected chi connectivity index (χ1v) is 8.96. The largest absolute Gasteiger partial charge is 0.416 e. The topological polar surface area (TPSA) is 40.6 Å². The molecule has 7 heteroatoms. The fourth-order valence-corrected chi connectivity index (χ4v) is 3.53. The second-order valence-electron chi connectivity index (χ2n) is 6.50. The van der Waals surface area contributed by atoms with Gasteiger partial charge >= 0.3 is 6.18 Å². The number of nitrogens with zero attached hydrogens (tertiary/aromatic N) is 2. The minimum absolute atomic E-state index is 0.0863. The van der Waals surface area contributed by atoms with Crippen LogP contribution in [0.15, 0.2) is 24.3 Å². The van der Waals surface area contributed by atoms with Gasteiger partial charge in [-0.1, -0.05) is 25.1 Å². The number of carbonyl (C=O) groups excluding carboxylic acids is 2. The van der Waals surface area contributed by atoms with Gasteiger partial charge in [0.1, 0.15) is 0 Å². The molecule has 0 bridgehead atoms. The van der Waals surface area contributed by atoms with Crippen LogP contribution in [0.5, 0.6) is 0 Å². The molecule has 0 unspecified atom stereocenters. The summed E-state index contributed by atoms with van der Waals surface area (Å²) in [6.07, 6.45) is -4.13. The van der Waals surface area contributed by atoms with Crippen LogP contribution in [0.25, 0.3) is 0 Å². The van der Waals surface area contributed by atoms with Crippen molar-refractivity contribution < 1.29 is 22.8 Å². The minimum Gasteiger partial charge on any atom is -0.343 e. The van der Waals surface area contributed by atoms with Gasteiger partial charge in [0.15, 0.2) is 0 Å². The van der Waals surface area contributed by atoms with Crippen LogP contribution in [-0.2, 0) is 15.8 Å². The Kier molecular flexibility index (Phi) is 6.31. The molecule has 1 saturated heterocycles. The average molecular weight is 370 g/mol. The Balaban J connectivity index is 2.38. The monoisotopic (exact) mass is 370 g/mol. The summed E-state index contributed by atoms with van der Waals surface area (Å²) in [6.45, 7) is 7.05. The summed E-state index contributed by atoms with van der Waals surface area (Å²) in [5.41, 5.74) is -0.277. The molecule has 1 aliphatic heterocycles. The van der Waals surface area contributed by atoms with Gasteiger partial charge in [0.2, 0.25) is 11.8 Å². The number of carbonyl (C=O) groups is 2. The lowest BCUT2D eigenvalue weighted by Gasteiger charge is -2.26. The van der Waals surface area contributed by atoms with Crippen LogP contribution in [0.3, 0.4) is 0 Å². The zero-order valence-corrected chi connectivity index (χ0v) is 15.3. The van der Waals surface area contributed by atoms with E-state index >= 15 is 0 Å². The third kappa shape index (κ3) is 4.19. The fraction of sp³-hybridized carbons (Fsp3) is 0.579. The summed E-state index contributed by atoms with van der Waals surface area (Å²) in [4.78, 5) is 28.3. The van der Waals surface area contributed by atoms with E-state index < -0.39 is 23.6 Å². The number of benzene rings is 1. The quantitative estimate of drug-likeness (QED) is 0.796. The third-order valence-electron chi connectivity index (χ3n) is 5.01. The maximum absolute atomic E-state index is 13.1. The Morgan fingerprint density at radius 3 is 2.35 bits per heavy atom. The van der Waals surface area contributed by atoms with Gasteiger partial charge in [-0.3, -0.25) is 9.59 Å². The van der Waals surface area contributed by atoms with Gasteiger partial charge in [-0.05, 0) is 25.5 Å². The van der Waals surface area contributed by atoms with Gasteiger partial charge in [0.05, 0.1) is 11.5 Å². The predicted octanol–water partition coefficient (Wildman–Crippen LogP) is 3.53. The van der Waals surface area contributed by atoms with Gasteiger partial charge in [0, 0.05) is 38.5 Å². The summed E-state index contributed by atoms with van der Waals surface area (Å²) >= 11 is 0. The zero-order chi connectivity index (χ0) is 19.5. The van der Waals surface area contributed by atoms with E-state index in [-0.39, 0.29) is 24.9 Å². The number of hydrogen-bond donors (Lipinski definition) is 0. The number of hydrogen-bond acceptors (Lipinski definition) is 2. The van der Waals surface area contributed by atoms with E-state index in [1.807, 2.05) is 13.8 Å². The second-order valence-corrected chi connectivity index (χ2v) is 6.50. The van der Waals surface area contributed by atoms with Crippen molar-refractivity contribution in [3.63, 3.8) is 0 Å². The first kappa shape index (κ1) is 20.3. The zero-order valence-electron chi connectivity index (χ0n) is 15.3. The van der Waals surface area contributed by atoms with Crippen molar-refractivity contribution in [1.82, 2.24) is 9.80 Å². The molecule has 26 heavy (non-hydrogen) atoms. The molecule has 1 heterocycles. The molecule has 4 nitrogen and oxygen atoms in total. The molecular formula is C19H25F3N2O2. The van der Waals surface area contributed by atoms with E-state index in [4.69, 9.17) is 0 Å². The first-order valence-electron chi connectivity index (χ1n) is 8.96. The SMILES string of the molecule is CCC(=O)N1C[C@H](c2cccc(C(F)(F)F)c2)[C@H](C(=O)N(CC)CC)C1. The Morgan fingerprint density at radius 2 is 1.81 bits per heavy atom. The molecule has 1 aromatic carbocycles. The van der Waals surface area contributed by atoms with E-state index in [1.54, 1.807) is 22.8 Å². The molecular weight excluding hydrogens is 345 g/mol. The number of halogens is 3. The highest BCUT2D eigenvalue weighted by Crippen LogP contribution is 2.37. The summed E-state index contributed by atoms with van der Waals surface area (Å²) in [7, 11) is 0. The van der Waals surface area contributed by atoms with Crippen molar-refractivity contribution in [2.75, 3.05) is 26.2 Å². The predicted molar refractivity (Wildman–Crippen MR) is 92.5 cm³/mol. The smallest absolute Gasteiger partial charge is 0.343 e. The molecule has 0 spiro atoms. The van der Waals surface area contributed by atoms with Crippen molar-refractivity contribution in [3.05, 3.63) is 35.4 Å². The van der Waals surface area contributed by atoms with E-state index in [9.17, 15) is 22.8 Å². The molecule has 1 aromatic rings. The second kappa shape index (κ2) is 8.10. The van der Waals surface area contributed by atoms with Gasteiger partial charge in [0.25, 0.3) is 0 Å². The average Bonchev–Trinajstić information content (AvgIpc) is 3.06. The summed E-state index contributed by atoms with van der Waals surface area (Å²) in [6, 6.07) is 5.10. The summed E-state index contributed by atoms with van der Waals surface area (Å²) < 4.78 is 39.2. The van der Waals surface area contributed by atoms with Crippen LogP contribution in [0.2, 0.25) is 0 Å². The molecule has 0 N–H and O–H groups in total. The Bertz CT molecular complexity index is 656. The maximum Gasteiger partial charge on any atom is 0.416 e. The molecule has 0 aromatic heterocycles. The van der Waals surface area contributed by atoms with Gasteiger partial charge in [-0.25, -0.2) is 0 Å². The lowest BCUT2D eigenvalue weighted by atomic mass is 9.87. The maximum atomic E-state index is 13.1. The molecule has 2 rings (SSSR count). The Labute approximate surface area is 152 Å². The van der Waals surface area contributed by atoms with Crippen LogP contribution in [0.1, 0.15) is 44.2 Å². The summed E-state index contributed by atoms with van der Waals surface area (Å²) in [5, 5.41) is 0. The number of alkyl halides is 3. The number of likely N-dealkylation sites (tertiary alicyclic amines) is 1. The first-order chi connectivity index (χ1) is 12.2. The van der Waals surface area contributed by atoms with Crippen LogP contribution < -0.4 is 0 Å². The fourth-order valence-electron chi connectivity index (χ4n) is 3.53. The van der Waals surface area contributed by atoms with E-state index in [0.29, 0.717) is 25.1 Å². The van der Waals surface area contributed by atoms with Crippen molar-refractivity contribution in [1.29, 1.82) is 0 Å². The van der Waals surface area contributed by atoms with E-state index in [0.717, 1.165) is 12.1 Å². The van der Waals surface area contributed by atoms with Crippen molar-refractivity contribution in [3.8, 4) is 0 Å². The Morgan fingerprint density at radius 1 is 1.15 bits per heavy atom. The van der Waals surface area contributed by atoms with Crippen LogP contribution in [-0.4, -0.2) is 47.8 Å². The lowest BCUT2D eigenvalue weighted by Crippen LogP contribution is -2.39. The highest BCUT2D eigenvalue weighted by molar-refractivity contribution is 5.83. The summed E-state index contributed by atoms with van der Waals surface area (Å²) in [5.74, 6) is -1.14. The van der Waals surface area contributed by atoms with Gasteiger partial charge in [-0.2, -0.15) is 13.2 Å². The normalized spacial score (nSPS) is 20.3. The van der Waals surface area contributed by atoms with Crippen LogP contribution >= 0.6 is 0 Å². The van der Waals surface area contributed by atoms with Crippen molar-refractivity contribution in [2.45, 2.75) is 39.3 Å². The molecule has 0 radical (unpaired) electrons. The van der Waals surface area contributed by atoms with Crippen LogP contribution in [0.4, 0.5) is 13.2 Å². The molecule has 1 fully saturated rings. The number of rotatable bonds is 5. The molecule has 144 valence electrons. The molecule has 2 atom stereocenters. The van der Waals surface area contributed by atoms with Gasteiger partial charge in [-0.15, -0.1) is 0 Å². The highest BCUT2D eigenvalue weighted by atomic mass is 19.4. The van der Waals surface area contributed by atoms with E-state index in [1.165, 1.54) is 6.07 Å². The molecule has 0 saturated carbocycles. The molecule has 2 amide bonds. The lowest BCUT2D eigenvalue weighted by molar-refractivity contribution is -0.137. The highest BCUT2D eigenvalue weighted by Gasteiger charge is 2.42. The van der Waals surface area contributed by atoms with E-state index in [2.05, 4.69) is 0 Å². The van der Waals surface area contributed by atoms with Crippen molar-refractivity contribution in [2.24, 2.45) is 5.92 Å². The third-order valence-corrected chi connectivity index (χ3v) is 5.01. The standard InChI is InChI=1S/C19H25F3N2O2/c1-4-17(25)24-11-15(16(12-24)18(26)23(5-2)6-3)13-8-7-9-14(10-13)19(20,21)22/h7-10,15-16H,4-6,11-12H2,1-3H3/t15-,16-/m1/s1. The molecule has 1 aliphatic rings.